The lowest BCUT2D eigenvalue weighted by Gasteiger charge is -2.08. The van der Waals surface area contributed by atoms with Crippen LogP contribution in [0, 0.1) is 6.92 Å². The summed E-state index contributed by atoms with van der Waals surface area (Å²) in [6.07, 6.45) is -0.244. The molecule has 0 spiro atoms. The van der Waals surface area contributed by atoms with E-state index in [0.29, 0.717) is 5.02 Å². The SMILES string of the molecule is Cc1ccc(-n2cccc2/C=N\Nc2ccc(C(F)(F)F)cn2)cc1Cl. The van der Waals surface area contributed by atoms with Gasteiger partial charge in [-0.1, -0.05) is 17.7 Å². The van der Waals surface area contributed by atoms with Crippen molar-refractivity contribution < 1.29 is 13.2 Å². The van der Waals surface area contributed by atoms with E-state index in [2.05, 4.69) is 15.5 Å². The van der Waals surface area contributed by atoms with Crippen molar-refractivity contribution in [3.05, 3.63) is 76.7 Å². The van der Waals surface area contributed by atoms with Gasteiger partial charge in [0.15, 0.2) is 0 Å². The third kappa shape index (κ3) is 4.05. The minimum atomic E-state index is -4.41. The number of anilines is 1. The molecule has 8 heteroatoms. The molecule has 0 saturated heterocycles. The average Bonchev–Trinajstić information content (AvgIpc) is 3.05. The maximum Gasteiger partial charge on any atom is 0.417 e. The first-order valence-corrected chi connectivity index (χ1v) is 7.98. The van der Waals surface area contributed by atoms with E-state index in [1.165, 1.54) is 6.07 Å². The molecule has 134 valence electrons. The second-order valence-corrected chi connectivity index (χ2v) is 5.94. The van der Waals surface area contributed by atoms with Crippen LogP contribution in [-0.4, -0.2) is 15.8 Å². The molecular weight excluding hydrogens is 365 g/mol. The molecule has 2 heterocycles. The van der Waals surface area contributed by atoms with Gasteiger partial charge >= 0.3 is 6.18 Å². The van der Waals surface area contributed by atoms with Crippen LogP contribution in [0.15, 0.2) is 60.0 Å². The molecule has 4 nitrogen and oxygen atoms in total. The predicted octanol–water partition coefficient (Wildman–Crippen LogP) is 5.30. The lowest BCUT2D eigenvalue weighted by atomic mass is 10.2. The number of pyridine rings is 1. The fourth-order valence-corrected chi connectivity index (χ4v) is 2.43. The van der Waals surface area contributed by atoms with Gasteiger partial charge in [0.25, 0.3) is 0 Å². The van der Waals surface area contributed by atoms with Gasteiger partial charge < -0.3 is 4.57 Å². The van der Waals surface area contributed by atoms with Crippen molar-refractivity contribution in [3.63, 3.8) is 0 Å². The van der Waals surface area contributed by atoms with Crippen LogP contribution in [0.1, 0.15) is 16.8 Å². The minimum absolute atomic E-state index is 0.214. The Bertz CT molecular complexity index is 930. The average molecular weight is 379 g/mol. The van der Waals surface area contributed by atoms with Gasteiger partial charge in [0.05, 0.1) is 17.5 Å². The molecule has 2 aromatic heterocycles. The molecule has 0 aliphatic carbocycles. The Morgan fingerprint density at radius 2 is 2.00 bits per heavy atom. The van der Waals surface area contributed by atoms with Gasteiger partial charge in [-0.05, 0) is 48.9 Å². The third-order valence-corrected chi connectivity index (χ3v) is 4.09. The fourth-order valence-electron chi connectivity index (χ4n) is 2.26. The number of rotatable bonds is 4. The van der Waals surface area contributed by atoms with E-state index in [9.17, 15) is 13.2 Å². The number of nitrogens with one attached hydrogen (secondary N) is 1. The van der Waals surface area contributed by atoms with Crippen molar-refractivity contribution in [2.75, 3.05) is 5.43 Å². The molecule has 0 bridgehead atoms. The van der Waals surface area contributed by atoms with E-state index in [4.69, 9.17) is 11.6 Å². The zero-order valence-electron chi connectivity index (χ0n) is 13.6. The summed E-state index contributed by atoms with van der Waals surface area (Å²) in [5.41, 5.74) is 4.43. The first-order valence-electron chi connectivity index (χ1n) is 7.61. The highest BCUT2D eigenvalue weighted by Crippen LogP contribution is 2.28. The highest BCUT2D eigenvalue weighted by atomic mass is 35.5. The highest BCUT2D eigenvalue weighted by molar-refractivity contribution is 6.31. The fraction of sp³-hybridized carbons (Fsp3) is 0.111. The second kappa shape index (κ2) is 7.21. The number of alkyl halides is 3. The molecule has 3 rings (SSSR count). The highest BCUT2D eigenvalue weighted by Gasteiger charge is 2.30. The largest absolute Gasteiger partial charge is 0.417 e. The first-order chi connectivity index (χ1) is 12.3. The third-order valence-electron chi connectivity index (χ3n) is 3.68. The van der Waals surface area contributed by atoms with E-state index in [1.807, 2.05) is 48.0 Å². The Kier molecular flexibility index (Phi) is 4.99. The van der Waals surface area contributed by atoms with Crippen LogP contribution in [0.25, 0.3) is 5.69 Å². The van der Waals surface area contributed by atoms with Crippen molar-refractivity contribution in [2.45, 2.75) is 13.1 Å². The maximum absolute atomic E-state index is 12.5. The van der Waals surface area contributed by atoms with Gasteiger partial charge in [0, 0.05) is 23.1 Å². The molecule has 1 aromatic carbocycles. The van der Waals surface area contributed by atoms with E-state index in [0.717, 1.165) is 29.2 Å². The summed E-state index contributed by atoms with van der Waals surface area (Å²) >= 11 is 6.16. The Morgan fingerprint density at radius 3 is 2.65 bits per heavy atom. The van der Waals surface area contributed by atoms with Gasteiger partial charge in [0.1, 0.15) is 5.82 Å². The van der Waals surface area contributed by atoms with Crippen molar-refractivity contribution in [1.82, 2.24) is 9.55 Å². The van der Waals surface area contributed by atoms with Crippen molar-refractivity contribution in [3.8, 4) is 5.69 Å². The summed E-state index contributed by atoms with van der Waals surface area (Å²) in [5, 5.41) is 4.69. The van der Waals surface area contributed by atoms with E-state index in [-0.39, 0.29) is 5.82 Å². The first kappa shape index (κ1) is 18.0. The Morgan fingerprint density at radius 1 is 1.19 bits per heavy atom. The second-order valence-electron chi connectivity index (χ2n) is 5.54. The summed E-state index contributed by atoms with van der Waals surface area (Å²) < 4.78 is 39.4. The number of hydrogen-bond acceptors (Lipinski definition) is 3. The summed E-state index contributed by atoms with van der Waals surface area (Å²) in [5.74, 6) is 0.214. The molecule has 3 aromatic rings. The normalized spacial score (nSPS) is 11.9. The van der Waals surface area contributed by atoms with Crippen LogP contribution in [0.3, 0.4) is 0 Å². The Labute approximate surface area is 152 Å². The number of aryl methyl sites for hydroxylation is 1. The zero-order chi connectivity index (χ0) is 18.7. The van der Waals surface area contributed by atoms with Gasteiger partial charge in [-0.15, -0.1) is 0 Å². The molecule has 0 aliphatic heterocycles. The van der Waals surface area contributed by atoms with Gasteiger partial charge in [-0.2, -0.15) is 18.3 Å². The lowest BCUT2D eigenvalue weighted by Crippen LogP contribution is -2.06. The number of hydrogen-bond donors (Lipinski definition) is 1. The van der Waals surface area contributed by atoms with Gasteiger partial charge in [0.2, 0.25) is 0 Å². The van der Waals surface area contributed by atoms with Crippen LogP contribution in [0.4, 0.5) is 19.0 Å². The molecule has 0 saturated carbocycles. The molecule has 0 radical (unpaired) electrons. The standard InChI is InChI=1S/C18H14ClF3N4/c1-12-4-6-14(9-16(12)19)26-8-2-3-15(26)11-24-25-17-7-5-13(10-23-17)18(20,21)22/h2-11H,1H3,(H,23,25)/b24-11-. The molecule has 0 aliphatic rings. The predicted molar refractivity (Wildman–Crippen MR) is 96.0 cm³/mol. The maximum atomic E-state index is 12.5. The van der Waals surface area contributed by atoms with Crippen molar-refractivity contribution >= 4 is 23.6 Å². The van der Waals surface area contributed by atoms with Crippen molar-refractivity contribution in [2.24, 2.45) is 5.10 Å². The number of hydrazone groups is 1. The molecule has 0 amide bonds. The molecule has 0 fully saturated rings. The lowest BCUT2D eigenvalue weighted by molar-refractivity contribution is -0.137. The monoisotopic (exact) mass is 378 g/mol. The Hall–Kier alpha value is -2.80. The van der Waals surface area contributed by atoms with Crippen LogP contribution in [-0.2, 0) is 6.18 Å². The smallest absolute Gasteiger partial charge is 0.316 e. The minimum Gasteiger partial charge on any atom is -0.316 e. The topological polar surface area (TPSA) is 42.2 Å². The molecular formula is C18H14ClF3N4. The zero-order valence-corrected chi connectivity index (χ0v) is 14.4. The number of benzene rings is 1. The van der Waals surface area contributed by atoms with Crippen LogP contribution >= 0.6 is 11.6 Å². The van der Waals surface area contributed by atoms with Gasteiger partial charge in [-0.3, -0.25) is 5.43 Å². The number of halogens is 4. The van der Waals surface area contributed by atoms with Crippen LogP contribution < -0.4 is 5.43 Å². The Balaban J connectivity index is 1.74. The van der Waals surface area contributed by atoms with Gasteiger partial charge in [-0.25, -0.2) is 4.98 Å². The molecule has 0 unspecified atom stereocenters. The summed E-state index contributed by atoms with van der Waals surface area (Å²) in [6.45, 7) is 1.92. The summed E-state index contributed by atoms with van der Waals surface area (Å²) in [7, 11) is 0. The van der Waals surface area contributed by atoms with Crippen LogP contribution in [0.5, 0.6) is 0 Å². The van der Waals surface area contributed by atoms with Crippen molar-refractivity contribution in [1.29, 1.82) is 0 Å². The van der Waals surface area contributed by atoms with E-state index >= 15 is 0 Å². The van der Waals surface area contributed by atoms with E-state index in [1.54, 1.807) is 6.21 Å². The summed E-state index contributed by atoms with van der Waals surface area (Å²) in [4.78, 5) is 3.70. The summed E-state index contributed by atoms with van der Waals surface area (Å²) in [6, 6.07) is 11.6. The van der Waals surface area contributed by atoms with E-state index < -0.39 is 11.7 Å². The van der Waals surface area contributed by atoms with Crippen LogP contribution in [0.2, 0.25) is 5.02 Å². The number of nitrogens with zero attached hydrogens (tertiary/aromatic N) is 3. The quantitative estimate of drug-likeness (QED) is 0.494. The molecule has 0 atom stereocenters. The molecule has 26 heavy (non-hydrogen) atoms. The number of aromatic nitrogens is 2. The molecule has 1 N–H and O–H groups in total.